The molecule has 0 radical (unpaired) electrons. The van der Waals surface area contributed by atoms with Crippen molar-refractivity contribution < 1.29 is 9.59 Å². The summed E-state index contributed by atoms with van der Waals surface area (Å²) in [5.74, 6) is -0.667. The fourth-order valence-corrected chi connectivity index (χ4v) is 1.08. The summed E-state index contributed by atoms with van der Waals surface area (Å²) in [6.07, 6.45) is 3.01. The first-order valence-electron chi connectivity index (χ1n) is 5.16. The number of hydrogen-bond donors (Lipinski definition) is 3. The molecule has 7 heteroatoms. The van der Waals surface area contributed by atoms with E-state index in [1.165, 1.54) is 10.9 Å². The first-order valence-corrected chi connectivity index (χ1v) is 5.16. The molecule has 1 heterocycles. The molecular formula is C10H17N5O2. The third kappa shape index (κ3) is 3.56. The normalized spacial score (nSPS) is 11.2. The Morgan fingerprint density at radius 2 is 2.18 bits per heavy atom. The number of hydrogen-bond acceptors (Lipinski definition) is 4. The highest BCUT2D eigenvalue weighted by Crippen LogP contribution is 2.09. The minimum atomic E-state index is -0.675. The number of primary amides is 1. The Hall–Kier alpha value is -1.89. The van der Waals surface area contributed by atoms with Crippen molar-refractivity contribution in [3.05, 3.63) is 12.4 Å². The molecule has 17 heavy (non-hydrogen) atoms. The minimum Gasteiger partial charge on any atom is -0.368 e. The maximum Gasteiger partial charge on any atom is 0.244 e. The van der Waals surface area contributed by atoms with Gasteiger partial charge in [0.15, 0.2) is 0 Å². The number of aromatic nitrogens is 2. The van der Waals surface area contributed by atoms with Crippen molar-refractivity contribution in [3.8, 4) is 0 Å². The van der Waals surface area contributed by atoms with Crippen LogP contribution in [0.15, 0.2) is 12.4 Å². The average Bonchev–Trinajstić information content (AvgIpc) is 2.64. The van der Waals surface area contributed by atoms with Crippen LogP contribution in [0.3, 0.4) is 0 Å². The van der Waals surface area contributed by atoms with E-state index >= 15 is 0 Å². The van der Waals surface area contributed by atoms with Crippen LogP contribution in [0.25, 0.3) is 0 Å². The van der Waals surface area contributed by atoms with E-state index in [1.54, 1.807) is 27.1 Å². The van der Waals surface area contributed by atoms with Crippen molar-refractivity contribution in [1.29, 1.82) is 0 Å². The van der Waals surface area contributed by atoms with Gasteiger partial charge in [-0.15, -0.1) is 0 Å². The van der Waals surface area contributed by atoms with Crippen LogP contribution in [0.5, 0.6) is 0 Å². The largest absolute Gasteiger partial charge is 0.368 e. The second-order valence-electron chi connectivity index (χ2n) is 4.22. The lowest BCUT2D eigenvalue weighted by molar-refractivity contribution is -0.121. The third-order valence-electron chi connectivity index (χ3n) is 2.40. The summed E-state index contributed by atoms with van der Waals surface area (Å²) in [7, 11) is 1.70. The Labute approximate surface area is 99.4 Å². The van der Waals surface area contributed by atoms with Gasteiger partial charge in [-0.1, -0.05) is 0 Å². The number of carbonyl (C=O) groups is 2. The van der Waals surface area contributed by atoms with Gasteiger partial charge in [-0.05, 0) is 20.9 Å². The van der Waals surface area contributed by atoms with Crippen molar-refractivity contribution in [2.45, 2.75) is 25.9 Å². The standard InChI is InChI=1S/C10H17N5O2/c1-10(2,12-3)9(17)14-7-4-13-15(5-7)6-8(11)16/h4-5,12H,6H2,1-3H3,(H2,11,16)(H,14,17). The van der Waals surface area contributed by atoms with Gasteiger partial charge in [0, 0.05) is 6.20 Å². The van der Waals surface area contributed by atoms with Gasteiger partial charge in [0.25, 0.3) is 0 Å². The van der Waals surface area contributed by atoms with E-state index in [1.807, 2.05) is 0 Å². The van der Waals surface area contributed by atoms with E-state index in [0.29, 0.717) is 5.69 Å². The second-order valence-corrected chi connectivity index (χ2v) is 4.22. The quantitative estimate of drug-likeness (QED) is 0.632. The second kappa shape index (κ2) is 4.96. The number of amides is 2. The zero-order valence-corrected chi connectivity index (χ0v) is 10.2. The summed E-state index contributed by atoms with van der Waals surface area (Å²) in [5, 5.41) is 9.47. The van der Waals surface area contributed by atoms with Crippen molar-refractivity contribution in [2.75, 3.05) is 12.4 Å². The van der Waals surface area contributed by atoms with Gasteiger partial charge < -0.3 is 16.4 Å². The van der Waals surface area contributed by atoms with Gasteiger partial charge >= 0.3 is 0 Å². The van der Waals surface area contributed by atoms with Crippen molar-refractivity contribution >= 4 is 17.5 Å². The highest BCUT2D eigenvalue weighted by Gasteiger charge is 2.25. The minimum absolute atomic E-state index is 0.00864. The number of rotatable bonds is 5. The summed E-state index contributed by atoms with van der Waals surface area (Å²) in [4.78, 5) is 22.5. The number of nitrogens with zero attached hydrogens (tertiary/aromatic N) is 2. The Balaban J connectivity index is 2.67. The molecule has 0 bridgehead atoms. The van der Waals surface area contributed by atoms with E-state index in [2.05, 4.69) is 15.7 Å². The monoisotopic (exact) mass is 239 g/mol. The third-order valence-corrected chi connectivity index (χ3v) is 2.40. The molecule has 4 N–H and O–H groups in total. The Morgan fingerprint density at radius 3 is 2.71 bits per heavy atom. The molecule has 0 unspecified atom stereocenters. The van der Waals surface area contributed by atoms with E-state index in [9.17, 15) is 9.59 Å². The number of likely N-dealkylation sites (N-methyl/N-ethyl adjacent to an activating group) is 1. The molecule has 0 aliphatic carbocycles. The molecule has 1 aromatic heterocycles. The first kappa shape index (κ1) is 13.2. The van der Waals surface area contributed by atoms with Crippen LogP contribution < -0.4 is 16.4 Å². The molecule has 7 nitrogen and oxygen atoms in total. The van der Waals surface area contributed by atoms with E-state index in [0.717, 1.165) is 0 Å². The molecule has 0 atom stereocenters. The molecular weight excluding hydrogens is 222 g/mol. The lowest BCUT2D eigenvalue weighted by atomic mass is 10.1. The molecule has 0 fully saturated rings. The first-order chi connectivity index (χ1) is 7.85. The molecule has 0 aliphatic heterocycles. The van der Waals surface area contributed by atoms with Crippen LogP contribution in [-0.2, 0) is 16.1 Å². The predicted octanol–water partition coefficient (Wildman–Crippen LogP) is -0.695. The Kier molecular flexibility index (Phi) is 3.84. The van der Waals surface area contributed by atoms with Crippen LogP contribution in [0.1, 0.15) is 13.8 Å². The summed E-state index contributed by atoms with van der Waals surface area (Å²) in [6, 6.07) is 0. The van der Waals surface area contributed by atoms with Crippen molar-refractivity contribution in [2.24, 2.45) is 5.73 Å². The number of anilines is 1. The predicted molar refractivity (Wildman–Crippen MR) is 63.2 cm³/mol. The summed E-state index contributed by atoms with van der Waals surface area (Å²) in [5.41, 5.74) is 4.88. The maximum absolute atomic E-state index is 11.8. The molecule has 1 aromatic rings. The van der Waals surface area contributed by atoms with E-state index in [-0.39, 0.29) is 12.5 Å². The van der Waals surface area contributed by atoms with Crippen LogP contribution in [0.4, 0.5) is 5.69 Å². The van der Waals surface area contributed by atoms with Crippen LogP contribution in [-0.4, -0.2) is 34.2 Å². The smallest absolute Gasteiger partial charge is 0.244 e. The highest BCUT2D eigenvalue weighted by atomic mass is 16.2. The number of carbonyl (C=O) groups excluding carboxylic acids is 2. The molecule has 0 saturated heterocycles. The van der Waals surface area contributed by atoms with Gasteiger partial charge in [-0.25, -0.2) is 0 Å². The highest BCUT2D eigenvalue weighted by molar-refractivity contribution is 5.97. The van der Waals surface area contributed by atoms with Crippen molar-refractivity contribution in [1.82, 2.24) is 15.1 Å². The van der Waals surface area contributed by atoms with Gasteiger partial charge in [0.1, 0.15) is 6.54 Å². The fraction of sp³-hybridized carbons (Fsp3) is 0.500. The van der Waals surface area contributed by atoms with Gasteiger partial charge in [0.2, 0.25) is 11.8 Å². The van der Waals surface area contributed by atoms with Gasteiger partial charge in [-0.3, -0.25) is 14.3 Å². The lowest BCUT2D eigenvalue weighted by Crippen LogP contribution is -2.47. The van der Waals surface area contributed by atoms with E-state index in [4.69, 9.17) is 5.73 Å². The van der Waals surface area contributed by atoms with Gasteiger partial charge in [-0.2, -0.15) is 5.10 Å². The summed E-state index contributed by atoms with van der Waals surface area (Å²) in [6.45, 7) is 3.51. The maximum atomic E-state index is 11.8. The molecule has 94 valence electrons. The lowest BCUT2D eigenvalue weighted by Gasteiger charge is -2.22. The molecule has 0 aromatic carbocycles. The SMILES string of the molecule is CNC(C)(C)C(=O)Nc1cnn(CC(N)=O)c1. The topological polar surface area (TPSA) is 102 Å². The zero-order chi connectivity index (χ0) is 13.1. The number of nitrogens with two attached hydrogens (primary N) is 1. The van der Waals surface area contributed by atoms with Crippen molar-refractivity contribution in [3.63, 3.8) is 0 Å². The van der Waals surface area contributed by atoms with Crippen LogP contribution >= 0.6 is 0 Å². The molecule has 0 aliphatic rings. The molecule has 0 spiro atoms. The van der Waals surface area contributed by atoms with Gasteiger partial charge in [0.05, 0.1) is 17.4 Å². The molecule has 0 saturated carbocycles. The fourth-order valence-electron chi connectivity index (χ4n) is 1.08. The molecule has 1 rings (SSSR count). The average molecular weight is 239 g/mol. The summed E-state index contributed by atoms with van der Waals surface area (Å²) < 4.78 is 1.37. The van der Waals surface area contributed by atoms with Crippen LogP contribution in [0.2, 0.25) is 0 Å². The Morgan fingerprint density at radius 1 is 1.53 bits per heavy atom. The van der Waals surface area contributed by atoms with Crippen LogP contribution in [0, 0.1) is 0 Å². The molecule has 2 amide bonds. The zero-order valence-electron chi connectivity index (χ0n) is 10.2. The number of nitrogens with one attached hydrogen (secondary N) is 2. The van der Waals surface area contributed by atoms with E-state index < -0.39 is 11.4 Å². The summed E-state index contributed by atoms with van der Waals surface area (Å²) >= 11 is 0. The Bertz CT molecular complexity index is 424.